The Morgan fingerprint density at radius 2 is 1.69 bits per heavy atom. The Morgan fingerprint density at radius 1 is 0.812 bits per heavy atom. The zero-order valence-electron chi connectivity index (χ0n) is 17.1. The topological polar surface area (TPSA) is 83.1 Å². The zero-order chi connectivity index (χ0) is 21.7. The van der Waals surface area contributed by atoms with Gasteiger partial charge in [-0.2, -0.15) is 5.10 Å². The van der Waals surface area contributed by atoms with E-state index in [1.807, 2.05) is 37.4 Å². The van der Waals surface area contributed by atoms with Gasteiger partial charge in [0.05, 0.1) is 17.4 Å². The largest absolute Gasteiger partial charge is 0.352 e. The molecule has 0 bridgehead atoms. The molecule has 0 radical (unpaired) electrons. The smallest absolute Gasteiger partial charge is 0.155 e. The van der Waals surface area contributed by atoms with Gasteiger partial charge in [-0.1, -0.05) is 6.07 Å². The number of aromatic nitrogens is 6. The predicted molar refractivity (Wildman–Crippen MR) is 122 cm³/mol. The van der Waals surface area contributed by atoms with Crippen molar-refractivity contribution >= 4 is 21.9 Å². The van der Waals surface area contributed by atoms with Crippen molar-refractivity contribution in [2.75, 3.05) is 0 Å². The molecule has 0 saturated heterocycles. The Morgan fingerprint density at radius 3 is 2.53 bits per heavy atom. The Kier molecular flexibility index (Phi) is 4.07. The van der Waals surface area contributed by atoms with E-state index in [1.54, 1.807) is 24.8 Å². The minimum absolute atomic E-state index is 0.263. The van der Waals surface area contributed by atoms with Gasteiger partial charge in [0.2, 0.25) is 0 Å². The van der Waals surface area contributed by atoms with Crippen LogP contribution in [0, 0.1) is 12.7 Å². The van der Waals surface area contributed by atoms with Crippen LogP contribution in [0.3, 0.4) is 0 Å². The molecule has 0 saturated carbocycles. The minimum Gasteiger partial charge on any atom is -0.352 e. The fraction of sp³-hybridized carbons (Fsp3) is 0.0400. The van der Waals surface area contributed by atoms with E-state index in [1.165, 1.54) is 12.1 Å². The summed E-state index contributed by atoms with van der Waals surface area (Å²) < 4.78 is 14.0. The first kappa shape index (κ1) is 18.4. The van der Waals surface area contributed by atoms with Crippen molar-refractivity contribution in [1.82, 2.24) is 30.1 Å². The van der Waals surface area contributed by atoms with E-state index < -0.39 is 0 Å². The molecule has 2 N–H and O–H groups in total. The van der Waals surface area contributed by atoms with E-state index >= 15 is 0 Å². The van der Waals surface area contributed by atoms with Crippen molar-refractivity contribution in [2.24, 2.45) is 0 Å². The molecule has 0 aliphatic carbocycles. The molecule has 7 heteroatoms. The first-order chi connectivity index (χ1) is 15.7. The summed E-state index contributed by atoms with van der Waals surface area (Å²) in [6, 6.07) is 13.0. The molecule has 6 aromatic rings. The third-order valence-electron chi connectivity index (χ3n) is 5.58. The average molecular weight is 420 g/mol. The standard InChI is InChI=1S/C25H17FN6/c1-14-6-16(8-18(26)7-14)21-12-28-13-23-19(21)10-22(30-23)24-20-9-17(11-29-25(20)32-31-24)15-2-4-27-5-3-15/h2-13,30H,1H3,(H,29,31,32). The van der Waals surface area contributed by atoms with Crippen LogP contribution in [-0.4, -0.2) is 30.1 Å². The maximum atomic E-state index is 14.0. The van der Waals surface area contributed by atoms with Gasteiger partial charge in [-0.15, -0.1) is 0 Å². The molecule has 0 atom stereocenters. The Labute approximate surface area is 182 Å². The molecule has 0 aliphatic heterocycles. The molecule has 5 aromatic heterocycles. The highest BCUT2D eigenvalue weighted by Crippen LogP contribution is 2.34. The maximum Gasteiger partial charge on any atom is 0.155 e. The Hall–Kier alpha value is -4.39. The minimum atomic E-state index is -0.263. The molecular weight excluding hydrogens is 403 g/mol. The quantitative estimate of drug-likeness (QED) is 0.386. The number of pyridine rings is 3. The first-order valence-electron chi connectivity index (χ1n) is 10.1. The summed E-state index contributed by atoms with van der Waals surface area (Å²) >= 11 is 0. The second kappa shape index (κ2) is 7.09. The number of fused-ring (bicyclic) bond motifs is 2. The summed E-state index contributed by atoms with van der Waals surface area (Å²) in [4.78, 5) is 16.4. The summed E-state index contributed by atoms with van der Waals surface area (Å²) in [5.74, 6) is -0.263. The molecule has 32 heavy (non-hydrogen) atoms. The van der Waals surface area contributed by atoms with E-state index in [9.17, 15) is 4.39 Å². The number of hydrogen-bond acceptors (Lipinski definition) is 4. The molecule has 6 rings (SSSR count). The number of halogens is 1. The van der Waals surface area contributed by atoms with E-state index in [4.69, 9.17) is 0 Å². The molecule has 5 heterocycles. The van der Waals surface area contributed by atoms with Crippen molar-refractivity contribution in [3.63, 3.8) is 0 Å². The van der Waals surface area contributed by atoms with Crippen LogP contribution in [0.15, 0.2) is 73.4 Å². The van der Waals surface area contributed by atoms with Gasteiger partial charge in [0, 0.05) is 46.7 Å². The molecular formula is C25H17FN6. The number of hydrogen-bond donors (Lipinski definition) is 2. The van der Waals surface area contributed by atoms with Gasteiger partial charge in [-0.25, -0.2) is 9.37 Å². The summed E-state index contributed by atoms with van der Waals surface area (Å²) in [5.41, 5.74) is 7.69. The van der Waals surface area contributed by atoms with Gasteiger partial charge >= 0.3 is 0 Å². The summed E-state index contributed by atoms with van der Waals surface area (Å²) in [7, 11) is 0. The van der Waals surface area contributed by atoms with Gasteiger partial charge in [0.1, 0.15) is 11.5 Å². The van der Waals surface area contributed by atoms with Crippen LogP contribution >= 0.6 is 0 Å². The van der Waals surface area contributed by atoms with Gasteiger partial charge in [0.15, 0.2) is 5.65 Å². The Bertz CT molecular complexity index is 1580. The van der Waals surface area contributed by atoms with Gasteiger partial charge in [-0.3, -0.25) is 15.1 Å². The lowest BCUT2D eigenvalue weighted by Gasteiger charge is -2.05. The lowest BCUT2D eigenvalue weighted by molar-refractivity contribution is 0.627. The van der Waals surface area contributed by atoms with Crippen molar-refractivity contribution in [1.29, 1.82) is 0 Å². The highest BCUT2D eigenvalue weighted by Gasteiger charge is 2.15. The van der Waals surface area contributed by atoms with Crippen LogP contribution in [0.1, 0.15) is 5.56 Å². The maximum absolute atomic E-state index is 14.0. The van der Waals surface area contributed by atoms with Gasteiger partial charge < -0.3 is 4.98 Å². The summed E-state index contributed by atoms with van der Waals surface area (Å²) in [6.07, 6.45) is 8.87. The molecule has 0 aliphatic rings. The molecule has 6 nitrogen and oxygen atoms in total. The third kappa shape index (κ3) is 3.02. The average Bonchev–Trinajstić information content (AvgIpc) is 3.42. The first-order valence-corrected chi connectivity index (χ1v) is 10.1. The number of nitrogens with one attached hydrogen (secondary N) is 2. The molecule has 0 unspecified atom stereocenters. The van der Waals surface area contributed by atoms with E-state index in [0.717, 1.165) is 55.5 Å². The van der Waals surface area contributed by atoms with Crippen molar-refractivity contribution in [2.45, 2.75) is 6.92 Å². The third-order valence-corrected chi connectivity index (χ3v) is 5.58. The number of aromatic amines is 2. The molecule has 0 spiro atoms. The number of H-pyrrole nitrogens is 2. The van der Waals surface area contributed by atoms with Gasteiger partial charge in [0.25, 0.3) is 0 Å². The summed E-state index contributed by atoms with van der Waals surface area (Å²) in [6.45, 7) is 1.88. The zero-order valence-corrected chi connectivity index (χ0v) is 17.1. The van der Waals surface area contributed by atoms with Crippen LogP contribution < -0.4 is 0 Å². The number of nitrogens with zero attached hydrogens (tertiary/aromatic N) is 4. The lowest BCUT2D eigenvalue weighted by Crippen LogP contribution is -1.85. The lowest BCUT2D eigenvalue weighted by atomic mass is 10.0. The van der Waals surface area contributed by atoms with Crippen LogP contribution in [0.25, 0.3) is 55.6 Å². The second-order valence-electron chi connectivity index (χ2n) is 7.78. The molecule has 154 valence electrons. The van der Waals surface area contributed by atoms with Crippen LogP contribution in [0.2, 0.25) is 0 Å². The fourth-order valence-electron chi connectivity index (χ4n) is 4.11. The van der Waals surface area contributed by atoms with Crippen LogP contribution in [0.5, 0.6) is 0 Å². The second-order valence-corrected chi connectivity index (χ2v) is 7.78. The van der Waals surface area contributed by atoms with E-state index in [2.05, 4.69) is 36.2 Å². The number of aryl methyl sites for hydroxylation is 1. The van der Waals surface area contributed by atoms with Crippen molar-refractivity contribution in [3.8, 4) is 33.6 Å². The van der Waals surface area contributed by atoms with Crippen LogP contribution in [0.4, 0.5) is 4.39 Å². The van der Waals surface area contributed by atoms with Crippen LogP contribution in [-0.2, 0) is 0 Å². The summed E-state index contributed by atoms with van der Waals surface area (Å²) in [5, 5.41) is 9.38. The van der Waals surface area contributed by atoms with Crippen molar-refractivity contribution in [3.05, 3.63) is 84.8 Å². The van der Waals surface area contributed by atoms with Gasteiger partial charge in [-0.05, 0) is 60.0 Å². The Balaban J connectivity index is 1.52. The van der Waals surface area contributed by atoms with E-state index in [0.29, 0.717) is 5.65 Å². The molecule has 0 fully saturated rings. The molecule has 0 amide bonds. The monoisotopic (exact) mass is 420 g/mol. The fourth-order valence-corrected chi connectivity index (χ4v) is 4.11. The number of rotatable bonds is 3. The predicted octanol–water partition coefficient (Wildman–Crippen LogP) is 5.68. The normalized spacial score (nSPS) is 11.4. The highest BCUT2D eigenvalue weighted by atomic mass is 19.1. The molecule has 1 aromatic carbocycles. The van der Waals surface area contributed by atoms with E-state index in [-0.39, 0.29) is 5.82 Å². The SMILES string of the molecule is Cc1cc(F)cc(-c2cncc3[nH]c(-c4n[nH]c5ncc(-c6ccncc6)cc45)cc23)c1. The number of benzene rings is 1. The highest BCUT2D eigenvalue weighted by molar-refractivity contribution is 6.00. The van der Waals surface area contributed by atoms with Crippen molar-refractivity contribution < 1.29 is 4.39 Å².